The minimum atomic E-state index is -4.89. The monoisotopic (exact) mass is 450 g/mol. The van der Waals surface area contributed by atoms with E-state index >= 15 is 0 Å². The van der Waals surface area contributed by atoms with Crippen molar-refractivity contribution in [3.05, 3.63) is 23.8 Å². The first-order valence-electron chi connectivity index (χ1n) is 8.08. The maximum Gasteiger partial charge on any atom is 0.391 e. The molecule has 0 unspecified atom stereocenters. The van der Waals surface area contributed by atoms with Crippen LogP contribution in [0, 0.1) is 6.92 Å². The summed E-state index contributed by atoms with van der Waals surface area (Å²) in [6.07, 6.45) is -2.19. The largest absolute Gasteiger partial charge is 0.391 e. The molecule has 0 spiro atoms. The van der Waals surface area contributed by atoms with Crippen LogP contribution in [-0.4, -0.2) is 42.4 Å². The van der Waals surface area contributed by atoms with Gasteiger partial charge in [0.25, 0.3) is 0 Å². The second kappa shape index (κ2) is 10.0. The summed E-state index contributed by atoms with van der Waals surface area (Å²) >= 11 is 0. The van der Waals surface area contributed by atoms with Crippen LogP contribution in [0.5, 0.6) is 0 Å². The van der Waals surface area contributed by atoms with E-state index in [9.17, 15) is 28.3 Å². The molecule has 0 atom stereocenters. The van der Waals surface area contributed by atoms with E-state index in [2.05, 4.69) is 10.6 Å². The maximum atomic E-state index is 11.9. The molecule has 14 heteroatoms. The molecule has 0 aliphatic heterocycles. The Morgan fingerprint density at radius 1 is 0.793 bits per heavy atom. The van der Waals surface area contributed by atoms with Crippen molar-refractivity contribution < 1.29 is 47.9 Å². The third kappa shape index (κ3) is 8.78. The van der Waals surface area contributed by atoms with Gasteiger partial charge in [-0.2, -0.15) is 0 Å². The van der Waals surface area contributed by atoms with E-state index in [-0.39, 0.29) is 11.4 Å². The first-order valence-corrected chi connectivity index (χ1v) is 11.3. The van der Waals surface area contributed by atoms with Gasteiger partial charge in [0.2, 0.25) is 22.9 Å². The highest BCUT2D eigenvalue weighted by Gasteiger charge is 2.26. The van der Waals surface area contributed by atoms with E-state index in [0.717, 1.165) is 0 Å². The Kier molecular flexibility index (Phi) is 8.58. The van der Waals surface area contributed by atoms with Crippen molar-refractivity contribution in [1.82, 2.24) is 0 Å². The minimum Gasteiger partial charge on any atom is -0.326 e. The number of carbonyl (C=O) groups excluding carboxylic acids is 4. The fraction of sp³-hybridized carbons (Fsp3) is 0.333. The van der Waals surface area contributed by atoms with Crippen molar-refractivity contribution in [3.8, 4) is 0 Å². The molecule has 1 aromatic carbocycles. The van der Waals surface area contributed by atoms with E-state index < -0.39 is 63.7 Å². The van der Waals surface area contributed by atoms with Gasteiger partial charge in [0.1, 0.15) is 0 Å². The van der Waals surface area contributed by atoms with E-state index in [0.29, 0.717) is 5.56 Å². The van der Waals surface area contributed by atoms with Gasteiger partial charge >= 0.3 is 15.2 Å². The summed E-state index contributed by atoms with van der Waals surface area (Å²) < 4.78 is 21.5. The number of anilines is 2. The lowest BCUT2D eigenvalue weighted by molar-refractivity contribution is -0.119. The predicted molar refractivity (Wildman–Crippen MR) is 101 cm³/mol. The van der Waals surface area contributed by atoms with Crippen LogP contribution >= 0.6 is 15.2 Å². The lowest BCUT2D eigenvalue weighted by Gasteiger charge is -2.12. The Hall–Kier alpha value is -2.20. The third-order valence-electron chi connectivity index (χ3n) is 3.58. The van der Waals surface area contributed by atoms with E-state index in [4.69, 9.17) is 19.6 Å². The number of aryl methyl sites for hydroxylation is 1. The van der Waals surface area contributed by atoms with Crippen LogP contribution in [0.2, 0.25) is 0 Å². The fourth-order valence-electron chi connectivity index (χ4n) is 2.00. The summed E-state index contributed by atoms with van der Waals surface area (Å²) in [6, 6.07) is 4.42. The Labute approximate surface area is 165 Å². The standard InChI is InChI=1S/C15H20N2O10P2/c1-9-2-3-10(16-12(18)4-6-14(20)28(22,23)24)8-11(9)17-13(19)5-7-15(21)29(25,26)27/h2-3,8H,4-7H2,1H3,(H,16,18)(H,17,19)(H2,22,23,24)(H2,25,26,27). The van der Waals surface area contributed by atoms with Crippen LogP contribution < -0.4 is 10.6 Å². The average molecular weight is 450 g/mol. The zero-order chi connectivity index (χ0) is 22.4. The summed E-state index contributed by atoms with van der Waals surface area (Å²) in [5.74, 6) is -1.36. The fourth-order valence-corrected chi connectivity index (χ4v) is 2.81. The van der Waals surface area contributed by atoms with Crippen LogP contribution in [0.25, 0.3) is 0 Å². The highest BCUT2D eigenvalue weighted by Crippen LogP contribution is 2.38. The molecule has 6 N–H and O–H groups in total. The number of carbonyl (C=O) groups is 4. The quantitative estimate of drug-likeness (QED) is 0.277. The Morgan fingerprint density at radius 3 is 1.69 bits per heavy atom. The number of hydrogen-bond donors (Lipinski definition) is 6. The third-order valence-corrected chi connectivity index (χ3v) is 5.32. The van der Waals surface area contributed by atoms with Gasteiger partial charge in [-0.15, -0.1) is 0 Å². The molecule has 0 saturated heterocycles. The van der Waals surface area contributed by atoms with Gasteiger partial charge in [-0.3, -0.25) is 28.3 Å². The molecule has 0 bridgehead atoms. The van der Waals surface area contributed by atoms with Crippen LogP contribution in [0.4, 0.5) is 11.4 Å². The number of nitrogens with one attached hydrogen (secondary N) is 2. The summed E-state index contributed by atoms with van der Waals surface area (Å²) in [4.78, 5) is 80.8. The van der Waals surface area contributed by atoms with Crippen LogP contribution in [0.1, 0.15) is 31.2 Å². The van der Waals surface area contributed by atoms with Crippen molar-refractivity contribution in [2.75, 3.05) is 10.6 Å². The predicted octanol–water partition coefficient (Wildman–Crippen LogP) is 0.841. The molecule has 2 amide bonds. The normalized spacial score (nSPS) is 11.6. The molecule has 0 aliphatic rings. The SMILES string of the molecule is Cc1ccc(NC(=O)CCC(=O)P(=O)(O)O)cc1NC(=O)CCC(=O)P(=O)(O)O. The number of rotatable bonds is 10. The van der Waals surface area contributed by atoms with Gasteiger partial charge in [0, 0.05) is 37.1 Å². The molecule has 160 valence electrons. The molecule has 0 aromatic heterocycles. The van der Waals surface area contributed by atoms with Gasteiger partial charge in [-0.25, -0.2) is 0 Å². The Bertz CT molecular complexity index is 918. The van der Waals surface area contributed by atoms with Gasteiger partial charge in [0.05, 0.1) is 0 Å². The van der Waals surface area contributed by atoms with Crippen molar-refractivity contribution in [1.29, 1.82) is 0 Å². The molecular weight excluding hydrogens is 430 g/mol. The smallest absolute Gasteiger partial charge is 0.326 e. The van der Waals surface area contributed by atoms with Gasteiger partial charge in [-0.1, -0.05) is 6.07 Å². The molecule has 0 saturated carbocycles. The maximum absolute atomic E-state index is 11.9. The van der Waals surface area contributed by atoms with Crippen LogP contribution in [0.3, 0.4) is 0 Å². The van der Waals surface area contributed by atoms with Crippen molar-refractivity contribution in [2.45, 2.75) is 32.6 Å². The zero-order valence-corrected chi connectivity index (χ0v) is 17.0. The molecule has 12 nitrogen and oxygen atoms in total. The number of hydrogen-bond acceptors (Lipinski definition) is 6. The first kappa shape index (κ1) is 24.8. The molecule has 0 heterocycles. The van der Waals surface area contributed by atoms with E-state index in [1.165, 1.54) is 12.1 Å². The number of benzene rings is 1. The summed E-state index contributed by atoms with van der Waals surface area (Å²) in [5, 5.41) is 4.86. The Balaban J connectivity index is 2.68. The molecular formula is C15H20N2O10P2. The highest BCUT2D eigenvalue weighted by molar-refractivity contribution is 7.70. The molecule has 0 radical (unpaired) electrons. The zero-order valence-electron chi connectivity index (χ0n) is 15.2. The van der Waals surface area contributed by atoms with Gasteiger partial charge in [0.15, 0.2) is 0 Å². The second-order valence-electron chi connectivity index (χ2n) is 6.00. The number of amides is 2. The van der Waals surface area contributed by atoms with Gasteiger partial charge < -0.3 is 30.2 Å². The first-order chi connectivity index (χ1) is 13.2. The van der Waals surface area contributed by atoms with E-state index in [1.54, 1.807) is 13.0 Å². The van der Waals surface area contributed by atoms with Crippen molar-refractivity contribution in [3.63, 3.8) is 0 Å². The van der Waals surface area contributed by atoms with Crippen molar-refractivity contribution in [2.24, 2.45) is 0 Å². The van der Waals surface area contributed by atoms with E-state index in [1.807, 2.05) is 0 Å². The second-order valence-corrected chi connectivity index (χ2v) is 9.18. The average Bonchev–Trinajstić information content (AvgIpc) is 2.58. The highest BCUT2D eigenvalue weighted by atomic mass is 31.2. The molecule has 29 heavy (non-hydrogen) atoms. The summed E-state index contributed by atoms with van der Waals surface area (Å²) in [7, 11) is -9.78. The topological polar surface area (TPSA) is 207 Å². The molecule has 0 fully saturated rings. The molecule has 1 rings (SSSR count). The van der Waals surface area contributed by atoms with Crippen LogP contribution in [-0.2, 0) is 28.3 Å². The lowest BCUT2D eigenvalue weighted by atomic mass is 10.1. The lowest BCUT2D eigenvalue weighted by Crippen LogP contribution is -2.16. The minimum absolute atomic E-state index is 0.228. The molecule has 1 aromatic rings. The summed E-state index contributed by atoms with van der Waals surface area (Å²) in [6.45, 7) is 1.64. The molecule has 0 aliphatic carbocycles. The van der Waals surface area contributed by atoms with Crippen molar-refractivity contribution >= 4 is 49.4 Å². The Morgan fingerprint density at radius 2 is 1.24 bits per heavy atom. The van der Waals surface area contributed by atoms with Gasteiger partial charge in [-0.05, 0) is 24.6 Å². The summed E-state index contributed by atoms with van der Waals surface area (Å²) in [5.41, 5.74) is -1.62. The van der Waals surface area contributed by atoms with Crippen LogP contribution in [0.15, 0.2) is 18.2 Å².